The molecule has 1 aromatic heterocycles. The largest absolute Gasteiger partial charge is 0.480 e. The number of aromatic nitrogens is 1. The topological polar surface area (TPSA) is 94.8 Å². The molecule has 3 aromatic rings. The number of amides is 1. The molecule has 3 rings (SSSR count). The van der Waals surface area contributed by atoms with Crippen molar-refractivity contribution in [2.45, 2.75) is 0 Å². The number of hydrogen-bond donors (Lipinski definition) is 3. The van der Waals surface area contributed by atoms with Crippen LogP contribution < -0.4 is 5.32 Å². The molecule has 6 nitrogen and oxygen atoms in total. The molecule has 1 amide bonds. The summed E-state index contributed by atoms with van der Waals surface area (Å²) < 4.78 is 0. The molecule has 2 aromatic carbocycles. The van der Waals surface area contributed by atoms with Crippen molar-refractivity contribution in [2.75, 3.05) is 5.32 Å². The van der Waals surface area contributed by atoms with Gasteiger partial charge in [0.1, 0.15) is 11.9 Å². The van der Waals surface area contributed by atoms with E-state index in [0.29, 0.717) is 22.7 Å². The lowest BCUT2D eigenvalue weighted by Crippen LogP contribution is -2.16. The molecule has 134 valence electrons. The summed E-state index contributed by atoms with van der Waals surface area (Å²) in [6, 6.07) is 21.5. The highest BCUT2D eigenvalue weighted by molar-refractivity contribution is 6.18. The number of anilines is 1. The van der Waals surface area contributed by atoms with Crippen LogP contribution in [0.3, 0.4) is 0 Å². The second-order valence-electron chi connectivity index (χ2n) is 5.55. The molecule has 0 radical (unpaired) electrons. The number of carbonyl (C=O) groups excluding carboxylic acids is 1. The number of para-hydroxylation sites is 1. The van der Waals surface area contributed by atoms with Gasteiger partial charge < -0.3 is 15.5 Å². The molecule has 0 saturated heterocycles. The Morgan fingerprint density at radius 2 is 1.63 bits per heavy atom. The van der Waals surface area contributed by atoms with Crippen LogP contribution in [0.4, 0.5) is 5.69 Å². The zero-order chi connectivity index (χ0) is 19.1. The number of carbonyl (C=O) groups is 1. The second-order valence-corrected chi connectivity index (χ2v) is 5.55. The molecule has 0 atom stereocenters. The van der Waals surface area contributed by atoms with E-state index in [1.165, 1.54) is 0 Å². The van der Waals surface area contributed by atoms with Crippen molar-refractivity contribution >= 4 is 17.3 Å². The SMILES string of the molecule is O=C(Nc1ccccc1C(=NC=C(O)O)c1ccccc1)c1ccccn1. The highest BCUT2D eigenvalue weighted by Crippen LogP contribution is 2.21. The average molecular weight is 359 g/mol. The number of benzene rings is 2. The van der Waals surface area contributed by atoms with Gasteiger partial charge in [-0.15, -0.1) is 0 Å². The van der Waals surface area contributed by atoms with Gasteiger partial charge in [0.25, 0.3) is 11.9 Å². The van der Waals surface area contributed by atoms with Gasteiger partial charge in [0, 0.05) is 17.3 Å². The minimum absolute atomic E-state index is 0.290. The van der Waals surface area contributed by atoms with E-state index in [2.05, 4.69) is 15.3 Å². The normalized spacial score (nSPS) is 10.9. The summed E-state index contributed by atoms with van der Waals surface area (Å²) in [5.74, 6) is -1.26. The molecule has 0 aliphatic carbocycles. The first-order valence-corrected chi connectivity index (χ1v) is 8.18. The lowest BCUT2D eigenvalue weighted by Gasteiger charge is -2.13. The first-order chi connectivity index (χ1) is 13.1. The molecule has 0 saturated carbocycles. The fraction of sp³-hybridized carbons (Fsp3) is 0. The number of rotatable bonds is 5. The summed E-state index contributed by atoms with van der Waals surface area (Å²) in [5, 5.41) is 21.0. The zero-order valence-corrected chi connectivity index (χ0v) is 14.3. The third-order valence-corrected chi connectivity index (χ3v) is 3.68. The number of aliphatic hydroxyl groups excluding tert-OH is 1. The molecular formula is C21H17N3O3. The maximum atomic E-state index is 12.5. The van der Waals surface area contributed by atoms with Gasteiger partial charge in [-0.05, 0) is 18.2 Å². The van der Waals surface area contributed by atoms with E-state index in [9.17, 15) is 4.79 Å². The Kier molecular flexibility index (Phi) is 5.59. The standard InChI is InChI=1S/C21H17N3O3/c25-19(26)14-23-20(15-8-2-1-3-9-15)16-10-4-5-11-17(16)24-21(27)18-12-6-7-13-22-18/h1-14,25-26H,(H,24,27). The third kappa shape index (κ3) is 4.58. The van der Waals surface area contributed by atoms with Crippen molar-refractivity contribution in [1.29, 1.82) is 0 Å². The predicted molar refractivity (Wildman–Crippen MR) is 104 cm³/mol. The summed E-state index contributed by atoms with van der Waals surface area (Å²) in [6.45, 7) is 0. The van der Waals surface area contributed by atoms with Crippen molar-refractivity contribution in [1.82, 2.24) is 4.98 Å². The lowest BCUT2D eigenvalue weighted by atomic mass is 10.0. The number of nitrogens with zero attached hydrogens (tertiary/aromatic N) is 2. The van der Waals surface area contributed by atoms with E-state index in [0.717, 1.165) is 11.8 Å². The summed E-state index contributed by atoms with van der Waals surface area (Å²) in [7, 11) is 0. The minimum atomic E-state index is -0.904. The molecule has 0 spiro atoms. The Labute approximate surface area is 156 Å². The average Bonchev–Trinajstić information content (AvgIpc) is 2.70. The molecule has 27 heavy (non-hydrogen) atoms. The molecule has 0 aliphatic rings. The van der Waals surface area contributed by atoms with E-state index < -0.39 is 5.95 Å². The predicted octanol–water partition coefficient (Wildman–Crippen LogP) is 4.09. The van der Waals surface area contributed by atoms with Gasteiger partial charge in [-0.3, -0.25) is 9.78 Å². The van der Waals surface area contributed by atoms with Crippen LogP contribution >= 0.6 is 0 Å². The van der Waals surface area contributed by atoms with Gasteiger partial charge in [-0.2, -0.15) is 0 Å². The molecule has 1 heterocycles. The Balaban J connectivity index is 2.03. The van der Waals surface area contributed by atoms with Crippen molar-refractivity contribution in [2.24, 2.45) is 4.99 Å². The summed E-state index contributed by atoms with van der Waals surface area (Å²) in [4.78, 5) is 20.7. The summed E-state index contributed by atoms with van der Waals surface area (Å²) in [5.41, 5.74) is 2.69. The lowest BCUT2D eigenvalue weighted by molar-refractivity contribution is 0.102. The van der Waals surface area contributed by atoms with Crippen LogP contribution in [0.1, 0.15) is 21.6 Å². The Morgan fingerprint density at radius 1 is 0.926 bits per heavy atom. The first kappa shape index (κ1) is 17.9. The van der Waals surface area contributed by atoms with Crippen LogP contribution in [0.25, 0.3) is 0 Å². The van der Waals surface area contributed by atoms with Crippen molar-refractivity contribution in [3.05, 3.63) is 108 Å². The smallest absolute Gasteiger partial charge is 0.293 e. The number of hydrogen-bond acceptors (Lipinski definition) is 5. The third-order valence-electron chi connectivity index (χ3n) is 3.68. The number of pyridine rings is 1. The monoisotopic (exact) mass is 359 g/mol. The zero-order valence-electron chi connectivity index (χ0n) is 14.3. The fourth-order valence-corrected chi connectivity index (χ4v) is 2.50. The second kappa shape index (κ2) is 8.44. The number of nitrogens with one attached hydrogen (secondary N) is 1. The van der Waals surface area contributed by atoms with E-state index in [1.807, 2.05) is 36.4 Å². The van der Waals surface area contributed by atoms with Crippen LogP contribution in [0, 0.1) is 0 Å². The number of aliphatic imine (C=N–C) groups is 1. The highest BCUT2D eigenvalue weighted by Gasteiger charge is 2.14. The van der Waals surface area contributed by atoms with Gasteiger partial charge in [-0.1, -0.05) is 54.6 Å². The van der Waals surface area contributed by atoms with Crippen molar-refractivity contribution in [3.63, 3.8) is 0 Å². The van der Waals surface area contributed by atoms with Crippen LogP contribution in [0.2, 0.25) is 0 Å². The number of aliphatic hydroxyl groups is 2. The molecule has 0 fully saturated rings. The molecule has 3 N–H and O–H groups in total. The first-order valence-electron chi connectivity index (χ1n) is 8.18. The maximum absolute atomic E-state index is 12.5. The summed E-state index contributed by atoms with van der Waals surface area (Å²) in [6.07, 6.45) is 2.49. The van der Waals surface area contributed by atoms with E-state index >= 15 is 0 Å². The van der Waals surface area contributed by atoms with Crippen LogP contribution in [0.5, 0.6) is 0 Å². The maximum Gasteiger partial charge on any atom is 0.293 e. The van der Waals surface area contributed by atoms with Crippen LogP contribution in [-0.2, 0) is 0 Å². The van der Waals surface area contributed by atoms with Crippen LogP contribution in [0.15, 0.2) is 96.1 Å². The molecule has 0 aliphatic heterocycles. The van der Waals surface area contributed by atoms with Crippen LogP contribution in [-0.4, -0.2) is 26.8 Å². The van der Waals surface area contributed by atoms with Gasteiger partial charge >= 0.3 is 0 Å². The van der Waals surface area contributed by atoms with Crippen molar-refractivity contribution < 1.29 is 15.0 Å². The Bertz CT molecular complexity index is 980. The molecule has 6 heteroatoms. The Morgan fingerprint density at radius 3 is 2.33 bits per heavy atom. The van der Waals surface area contributed by atoms with Gasteiger partial charge in [0.05, 0.1) is 11.4 Å². The van der Waals surface area contributed by atoms with E-state index in [1.54, 1.807) is 42.6 Å². The quantitative estimate of drug-likeness (QED) is 0.472. The Hall–Kier alpha value is -3.93. The molecule has 0 unspecified atom stereocenters. The van der Waals surface area contributed by atoms with Gasteiger partial charge in [0.15, 0.2) is 0 Å². The van der Waals surface area contributed by atoms with Gasteiger partial charge in [-0.25, -0.2) is 4.99 Å². The molecular weight excluding hydrogens is 342 g/mol. The summed E-state index contributed by atoms with van der Waals surface area (Å²) >= 11 is 0. The van der Waals surface area contributed by atoms with E-state index in [-0.39, 0.29) is 5.91 Å². The van der Waals surface area contributed by atoms with Crippen molar-refractivity contribution in [3.8, 4) is 0 Å². The van der Waals surface area contributed by atoms with Gasteiger partial charge in [0.2, 0.25) is 0 Å². The minimum Gasteiger partial charge on any atom is -0.480 e. The van der Waals surface area contributed by atoms with E-state index in [4.69, 9.17) is 10.2 Å². The molecule has 0 bridgehead atoms. The fourth-order valence-electron chi connectivity index (χ4n) is 2.50. The highest BCUT2D eigenvalue weighted by atomic mass is 16.5.